The largest absolute Gasteiger partial charge is 0.489 e. The summed E-state index contributed by atoms with van der Waals surface area (Å²) in [6.45, 7) is 2.52. The zero-order valence-electron chi connectivity index (χ0n) is 11.2. The summed E-state index contributed by atoms with van der Waals surface area (Å²) in [6, 6.07) is 6.33. The maximum absolute atomic E-state index is 11.4. The van der Waals surface area contributed by atoms with E-state index in [9.17, 15) is 4.79 Å². The lowest BCUT2D eigenvalue weighted by atomic mass is 10.1. The van der Waals surface area contributed by atoms with E-state index < -0.39 is 0 Å². The number of halogens is 1. The molecule has 0 radical (unpaired) electrons. The lowest BCUT2D eigenvalue weighted by molar-refractivity contribution is -0.121. The normalized spacial score (nSPS) is 14.8. The van der Waals surface area contributed by atoms with Gasteiger partial charge in [-0.1, -0.05) is 22.0 Å². The van der Waals surface area contributed by atoms with E-state index in [1.54, 1.807) is 0 Å². The molecule has 1 amide bonds. The molecule has 0 fully saturated rings. The molecule has 1 atom stereocenters. The second-order valence-electron chi connectivity index (χ2n) is 4.96. The first-order valence-electron chi connectivity index (χ1n) is 6.80. The molecule has 1 aromatic rings. The molecule has 0 saturated carbocycles. The van der Waals surface area contributed by atoms with Crippen LogP contribution in [-0.2, 0) is 17.6 Å². The van der Waals surface area contributed by atoms with Gasteiger partial charge < -0.3 is 10.1 Å². The van der Waals surface area contributed by atoms with Crippen LogP contribution in [0.5, 0.6) is 5.75 Å². The number of aryl methyl sites for hydroxylation is 2. The van der Waals surface area contributed by atoms with Gasteiger partial charge in [-0.25, -0.2) is 0 Å². The summed E-state index contributed by atoms with van der Waals surface area (Å²) in [5.74, 6) is 0.962. The minimum absolute atomic E-state index is 0.0151. The van der Waals surface area contributed by atoms with Gasteiger partial charge in [0.25, 0.3) is 0 Å². The Hall–Kier alpha value is -1.03. The van der Waals surface area contributed by atoms with Crippen LogP contribution in [0.3, 0.4) is 0 Å². The van der Waals surface area contributed by atoms with Gasteiger partial charge in [0, 0.05) is 11.8 Å². The van der Waals surface area contributed by atoms with Crippen molar-refractivity contribution in [2.24, 2.45) is 0 Å². The van der Waals surface area contributed by atoms with Gasteiger partial charge in [-0.2, -0.15) is 0 Å². The minimum Gasteiger partial charge on any atom is -0.489 e. The number of ether oxygens (including phenoxy) is 1. The predicted molar refractivity (Wildman–Crippen MR) is 80.0 cm³/mol. The third kappa shape index (κ3) is 4.23. The summed E-state index contributed by atoms with van der Waals surface area (Å²) in [5.41, 5.74) is 2.86. The summed E-state index contributed by atoms with van der Waals surface area (Å²) in [5, 5.41) is 3.56. The molecule has 1 unspecified atom stereocenters. The number of benzene rings is 1. The van der Waals surface area contributed by atoms with Crippen LogP contribution in [0.25, 0.3) is 0 Å². The zero-order valence-corrected chi connectivity index (χ0v) is 12.8. The topological polar surface area (TPSA) is 38.3 Å². The third-order valence-corrected chi connectivity index (χ3v) is 3.71. The second kappa shape index (κ2) is 6.94. The standard InChI is InChI=1S/C15H20BrNO2/c1-11(10-17-15(18)7-8-16)19-14-6-5-12-3-2-4-13(12)9-14/h5-6,9,11H,2-4,7-8,10H2,1H3,(H,17,18). The smallest absolute Gasteiger partial charge is 0.220 e. The number of hydrogen-bond acceptors (Lipinski definition) is 2. The Bertz CT molecular complexity index is 448. The number of rotatable bonds is 6. The fourth-order valence-corrected chi connectivity index (χ4v) is 2.69. The molecule has 1 aromatic carbocycles. The van der Waals surface area contributed by atoms with Crippen LogP contribution in [0.4, 0.5) is 0 Å². The van der Waals surface area contributed by atoms with Crippen molar-refractivity contribution in [3.8, 4) is 5.75 Å². The van der Waals surface area contributed by atoms with Crippen molar-refractivity contribution >= 4 is 21.8 Å². The summed E-state index contributed by atoms with van der Waals surface area (Å²) in [6.07, 6.45) is 4.08. The van der Waals surface area contributed by atoms with E-state index in [1.165, 1.54) is 24.0 Å². The molecule has 0 heterocycles. The van der Waals surface area contributed by atoms with Crippen molar-refractivity contribution < 1.29 is 9.53 Å². The van der Waals surface area contributed by atoms with Crippen molar-refractivity contribution in [2.45, 2.75) is 38.7 Å². The van der Waals surface area contributed by atoms with Crippen LogP contribution in [0, 0.1) is 0 Å². The predicted octanol–water partition coefficient (Wildman–Crippen LogP) is 2.84. The third-order valence-electron chi connectivity index (χ3n) is 3.32. The molecule has 0 bridgehead atoms. The lowest BCUT2D eigenvalue weighted by Crippen LogP contribution is -2.33. The molecule has 0 aromatic heterocycles. The number of amides is 1. The molecule has 0 saturated heterocycles. The number of carbonyl (C=O) groups is 1. The molecule has 4 heteroatoms. The molecule has 0 spiro atoms. The number of hydrogen-bond donors (Lipinski definition) is 1. The van der Waals surface area contributed by atoms with Crippen LogP contribution in [-0.4, -0.2) is 23.9 Å². The highest BCUT2D eigenvalue weighted by molar-refractivity contribution is 9.09. The molecule has 0 aliphatic heterocycles. The first-order chi connectivity index (χ1) is 9.19. The lowest BCUT2D eigenvalue weighted by Gasteiger charge is -2.16. The van der Waals surface area contributed by atoms with Gasteiger partial charge in [0.2, 0.25) is 5.91 Å². The summed E-state index contributed by atoms with van der Waals surface area (Å²) < 4.78 is 5.84. The molecule has 1 N–H and O–H groups in total. The molecule has 19 heavy (non-hydrogen) atoms. The van der Waals surface area contributed by atoms with E-state index in [0.717, 1.165) is 12.2 Å². The maximum Gasteiger partial charge on any atom is 0.220 e. The van der Waals surface area contributed by atoms with Gasteiger partial charge in [-0.3, -0.25) is 4.79 Å². The van der Waals surface area contributed by atoms with Gasteiger partial charge in [-0.05, 0) is 49.4 Å². The molecular weight excluding hydrogens is 306 g/mol. The van der Waals surface area contributed by atoms with E-state index >= 15 is 0 Å². The van der Waals surface area contributed by atoms with Crippen molar-refractivity contribution in [3.05, 3.63) is 29.3 Å². The maximum atomic E-state index is 11.4. The number of fused-ring (bicyclic) bond motifs is 1. The van der Waals surface area contributed by atoms with E-state index in [0.29, 0.717) is 18.3 Å². The van der Waals surface area contributed by atoms with Gasteiger partial charge >= 0.3 is 0 Å². The van der Waals surface area contributed by atoms with Crippen molar-refractivity contribution in [2.75, 3.05) is 11.9 Å². The minimum atomic E-state index is -0.0151. The first-order valence-corrected chi connectivity index (χ1v) is 7.92. The Kier molecular flexibility index (Phi) is 5.25. The SMILES string of the molecule is CC(CNC(=O)CCBr)Oc1ccc2c(c1)CCC2. The van der Waals surface area contributed by atoms with Gasteiger partial charge in [0.15, 0.2) is 0 Å². The fourth-order valence-electron chi connectivity index (χ4n) is 2.33. The molecule has 104 valence electrons. The fraction of sp³-hybridized carbons (Fsp3) is 0.533. The van der Waals surface area contributed by atoms with Crippen LogP contribution in [0.1, 0.15) is 30.9 Å². The Morgan fingerprint density at radius 1 is 1.42 bits per heavy atom. The van der Waals surface area contributed by atoms with Gasteiger partial charge in [0.1, 0.15) is 11.9 Å². The number of nitrogens with one attached hydrogen (secondary N) is 1. The highest BCUT2D eigenvalue weighted by atomic mass is 79.9. The van der Waals surface area contributed by atoms with Crippen molar-refractivity contribution in [3.63, 3.8) is 0 Å². The average molecular weight is 326 g/mol. The van der Waals surface area contributed by atoms with Gasteiger partial charge in [-0.15, -0.1) is 0 Å². The summed E-state index contributed by atoms with van der Waals surface area (Å²) in [7, 11) is 0. The Morgan fingerprint density at radius 2 is 2.21 bits per heavy atom. The van der Waals surface area contributed by atoms with Crippen LogP contribution < -0.4 is 10.1 Å². The van der Waals surface area contributed by atoms with E-state index in [-0.39, 0.29) is 12.0 Å². The summed E-state index contributed by atoms with van der Waals surface area (Å²) >= 11 is 3.25. The zero-order chi connectivity index (χ0) is 13.7. The van der Waals surface area contributed by atoms with Crippen LogP contribution in [0.15, 0.2) is 18.2 Å². The molecular formula is C15H20BrNO2. The molecule has 1 aliphatic carbocycles. The van der Waals surface area contributed by atoms with Crippen molar-refractivity contribution in [1.82, 2.24) is 5.32 Å². The molecule has 1 aliphatic rings. The highest BCUT2D eigenvalue weighted by Gasteiger charge is 2.12. The first kappa shape index (κ1) is 14.4. The number of carbonyl (C=O) groups excluding carboxylic acids is 1. The van der Waals surface area contributed by atoms with E-state index in [1.807, 2.05) is 13.0 Å². The van der Waals surface area contributed by atoms with E-state index in [2.05, 4.69) is 33.4 Å². The highest BCUT2D eigenvalue weighted by Crippen LogP contribution is 2.26. The monoisotopic (exact) mass is 325 g/mol. The Balaban J connectivity index is 1.82. The van der Waals surface area contributed by atoms with Crippen LogP contribution in [0.2, 0.25) is 0 Å². The molecule has 2 rings (SSSR count). The molecule has 3 nitrogen and oxygen atoms in total. The average Bonchev–Trinajstić information content (AvgIpc) is 2.84. The summed E-state index contributed by atoms with van der Waals surface area (Å²) in [4.78, 5) is 11.4. The van der Waals surface area contributed by atoms with Crippen LogP contribution >= 0.6 is 15.9 Å². The Labute approximate surface area is 122 Å². The van der Waals surface area contributed by atoms with Crippen molar-refractivity contribution in [1.29, 1.82) is 0 Å². The van der Waals surface area contributed by atoms with E-state index in [4.69, 9.17) is 4.74 Å². The Morgan fingerprint density at radius 3 is 3.00 bits per heavy atom. The second-order valence-corrected chi connectivity index (χ2v) is 5.75. The quantitative estimate of drug-likeness (QED) is 0.817. The van der Waals surface area contributed by atoms with Gasteiger partial charge in [0.05, 0.1) is 6.54 Å². The number of alkyl halides is 1.